The topological polar surface area (TPSA) is 6.48 Å². The summed E-state index contributed by atoms with van der Waals surface area (Å²) in [4.78, 5) is 4.60. The van der Waals surface area contributed by atoms with Crippen LogP contribution < -0.4 is 9.80 Å². The molecule has 1 aliphatic rings. The zero-order valence-corrected chi connectivity index (χ0v) is 24.6. The highest BCUT2D eigenvalue weighted by molar-refractivity contribution is 5.81. The normalized spacial score (nSPS) is 14.1. The fraction of sp³-hybridized carbons (Fsp3) is 0.0476. The standard InChI is InChI=1S/C42H34N2/c1-5-13-37(14-6-1)43(38-15-7-2-8-16-38)41-29-25-35(26-30-41)33-21-23-34(24-22-33)36-27-31-42(32-28-36)44(39-17-9-3-10-18-39)40-19-11-4-12-20-40/h1-23,25-32,34H,24H2. The maximum Gasteiger partial charge on any atom is 0.0462 e. The molecule has 0 fully saturated rings. The number of hydrogen-bond donors (Lipinski definition) is 0. The molecule has 0 bridgehead atoms. The smallest absolute Gasteiger partial charge is 0.0462 e. The minimum Gasteiger partial charge on any atom is -0.311 e. The molecule has 2 nitrogen and oxygen atoms in total. The van der Waals surface area contributed by atoms with E-state index in [4.69, 9.17) is 0 Å². The maximum atomic E-state index is 2.37. The molecule has 2 heteroatoms. The molecule has 44 heavy (non-hydrogen) atoms. The monoisotopic (exact) mass is 566 g/mol. The molecule has 1 unspecified atom stereocenters. The third kappa shape index (κ3) is 5.84. The molecule has 0 spiro atoms. The van der Waals surface area contributed by atoms with E-state index in [0.717, 1.165) is 40.5 Å². The van der Waals surface area contributed by atoms with Crippen molar-refractivity contribution < 1.29 is 0 Å². The molecule has 7 rings (SSSR count). The molecule has 0 heterocycles. The number of nitrogens with zero attached hydrogens (tertiary/aromatic N) is 2. The molecule has 0 N–H and O–H groups in total. The molecule has 6 aromatic rings. The van der Waals surface area contributed by atoms with Crippen LogP contribution in [-0.2, 0) is 0 Å². The zero-order valence-electron chi connectivity index (χ0n) is 24.6. The van der Waals surface area contributed by atoms with Crippen LogP contribution in [0, 0.1) is 0 Å². The quantitative estimate of drug-likeness (QED) is 0.181. The molecule has 0 radical (unpaired) electrons. The van der Waals surface area contributed by atoms with Crippen molar-refractivity contribution in [3.05, 3.63) is 199 Å². The van der Waals surface area contributed by atoms with Gasteiger partial charge in [0.2, 0.25) is 0 Å². The summed E-state index contributed by atoms with van der Waals surface area (Å²) in [5.41, 5.74) is 10.7. The Morgan fingerprint density at radius 3 is 1.11 bits per heavy atom. The first-order chi connectivity index (χ1) is 21.8. The Morgan fingerprint density at radius 1 is 0.386 bits per heavy atom. The number of hydrogen-bond acceptors (Lipinski definition) is 2. The summed E-state index contributed by atoms with van der Waals surface area (Å²) in [6.07, 6.45) is 7.99. The Labute approximate surface area is 260 Å². The largest absolute Gasteiger partial charge is 0.311 e. The first kappa shape index (κ1) is 27.2. The predicted molar refractivity (Wildman–Crippen MR) is 187 cm³/mol. The highest BCUT2D eigenvalue weighted by Gasteiger charge is 2.16. The summed E-state index contributed by atoms with van der Waals surface area (Å²) < 4.78 is 0. The molecule has 0 saturated carbocycles. The lowest BCUT2D eigenvalue weighted by molar-refractivity contribution is 0.856. The highest BCUT2D eigenvalue weighted by Crippen LogP contribution is 2.38. The number of para-hydroxylation sites is 4. The third-order valence-corrected chi connectivity index (χ3v) is 8.20. The van der Waals surface area contributed by atoms with E-state index in [1.54, 1.807) is 0 Å². The molecule has 0 aromatic heterocycles. The van der Waals surface area contributed by atoms with Crippen LogP contribution in [0.3, 0.4) is 0 Å². The van der Waals surface area contributed by atoms with Crippen molar-refractivity contribution in [2.24, 2.45) is 0 Å². The molecule has 0 amide bonds. The van der Waals surface area contributed by atoms with E-state index in [1.807, 2.05) is 0 Å². The molecule has 1 aliphatic carbocycles. The minimum atomic E-state index is 0.362. The lowest BCUT2D eigenvalue weighted by Gasteiger charge is -2.26. The van der Waals surface area contributed by atoms with Gasteiger partial charge in [-0.15, -0.1) is 0 Å². The van der Waals surface area contributed by atoms with Crippen LogP contribution in [0.5, 0.6) is 0 Å². The average Bonchev–Trinajstić information content (AvgIpc) is 3.11. The highest BCUT2D eigenvalue weighted by atomic mass is 15.1. The summed E-state index contributed by atoms with van der Waals surface area (Å²) in [6, 6.07) is 60.1. The SMILES string of the molecule is C1=CC(c2ccc(N(c3ccccc3)c3ccccc3)cc2)CC=C1c1ccc(N(c2ccccc2)c2ccccc2)cc1. The number of anilines is 6. The van der Waals surface area contributed by atoms with Gasteiger partial charge in [0.1, 0.15) is 0 Å². The van der Waals surface area contributed by atoms with Crippen LogP contribution in [0.1, 0.15) is 23.5 Å². The van der Waals surface area contributed by atoms with Gasteiger partial charge in [-0.3, -0.25) is 0 Å². The lowest BCUT2D eigenvalue weighted by Crippen LogP contribution is -2.10. The van der Waals surface area contributed by atoms with Gasteiger partial charge in [-0.1, -0.05) is 115 Å². The van der Waals surface area contributed by atoms with Crippen molar-refractivity contribution in [3.8, 4) is 0 Å². The van der Waals surface area contributed by atoms with Crippen LogP contribution in [-0.4, -0.2) is 0 Å². The summed E-state index contributed by atoms with van der Waals surface area (Å²) in [5.74, 6) is 0.362. The third-order valence-electron chi connectivity index (χ3n) is 8.20. The van der Waals surface area contributed by atoms with E-state index in [2.05, 4.69) is 198 Å². The van der Waals surface area contributed by atoms with E-state index in [0.29, 0.717) is 5.92 Å². The van der Waals surface area contributed by atoms with E-state index in [9.17, 15) is 0 Å². The Balaban J connectivity index is 1.08. The zero-order chi connectivity index (χ0) is 29.6. The first-order valence-corrected chi connectivity index (χ1v) is 15.2. The predicted octanol–water partition coefficient (Wildman–Crippen LogP) is 11.8. The van der Waals surface area contributed by atoms with Gasteiger partial charge in [-0.2, -0.15) is 0 Å². The minimum absolute atomic E-state index is 0.362. The summed E-state index contributed by atoms with van der Waals surface area (Å²) >= 11 is 0. The van der Waals surface area contributed by atoms with E-state index in [-0.39, 0.29) is 0 Å². The molecular formula is C42H34N2. The van der Waals surface area contributed by atoms with Crippen LogP contribution in [0.15, 0.2) is 188 Å². The number of rotatable bonds is 8. The lowest BCUT2D eigenvalue weighted by atomic mass is 9.88. The van der Waals surface area contributed by atoms with E-state index in [1.165, 1.54) is 16.7 Å². The fourth-order valence-electron chi connectivity index (χ4n) is 5.96. The molecular weight excluding hydrogens is 532 g/mol. The van der Waals surface area contributed by atoms with E-state index < -0.39 is 0 Å². The van der Waals surface area contributed by atoms with Crippen molar-refractivity contribution in [2.45, 2.75) is 12.3 Å². The van der Waals surface area contributed by atoms with Gasteiger partial charge in [0.05, 0.1) is 0 Å². The Bertz CT molecular complexity index is 1760. The van der Waals surface area contributed by atoms with Gasteiger partial charge in [0.25, 0.3) is 0 Å². The van der Waals surface area contributed by atoms with Crippen LogP contribution in [0.25, 0.3) is 5.57 Å². The van der Waals surface area contributed by atoms with Crippen molar-refractivity contribution >= 4 is 39.7 Å². The molecule has 6 aromatic carbocycles. The summed E-state index contributed by atoms with van der Waals surface area (Å²) in [7, 11) is 0. The molecule has 0 aliphatic heterocycles. The molecule has 1 atom stereocenters. The Morgan fingerprint density at radius 2 is 0.750 bits per heavy atom. The Kier molecular flexibility index (Phi) is 7.88. The summed E-state index contributed by atoms with van der Waals surface area (Å²) in [6.45, 7) is 0. The van der Waals surface area contributed by atoms with E-state index >= 15 is 0 Å². The number of benzene rings is 6. The van der Waals surface area contributed by atoms with Crippen molar-refractivity contribution in [1.29, 1.82) is 0 Å². The first-order valence-electron chi connectivity index (χ1n) is 15.2. The van der Waals surface area contributed by atoms with Crippen molar-refractivity contribution in [1.82, 2.24) is 0 Å². The van der Waals surface area contributed by atoms with Gasteiger partial charge in [-0.25, -0.2) is 0 Å². The van der Waals surface area contributed by atoms with Crippen LogP contribution in [0.2, 0.25) is 0 Å². The van der Waals surface area contributed by atoms with Gasteiger partial charge in [0, 0.05) is 40.0 Å². The maximum absolute atomic E-state index is 2.37. The summed E-state index contributed by atoms with van der Waals surface area (Å²) in [5, 5.41) is 0. The second kappa shape index (κ2) is 12.7. The Hall–Kier alpha value is -5.60. The van der Waals surface area contributed by atoms with Gasteiger partial charge in [-0.05, 0) is 95.9 Å². The molecule has 0 saturated heterocycles. The second-order valence-corrected chi connectivity index (χ2v) is 11.0. The van der Waals surface area contributed by atoms with Crippen molar-refractivity contribution in [2.75, 3.05) is 9.80 Å². The second-order valence-electron chi connectivity index (χ2n) is 11.0. The van der Waals surface area contributed by atoms with Crippen LogP contribution >= 0.6 is 0 Å². The van der Waals surface area contributed by atoms with Crippen molar-refractivity contribution in [3.63, 3.8) is 0 Å². The van der Waals surface area contributed by atoms with Gasteiger partial charge in [0.15, 0.2) is 0 Å². The average molecular weight is 567 g/mol. The number of allylic oxidation sites excluding steroid dienone is 4. The van der Waals surface area contributed by atoms with Gasteiger partial charge >= 0.3 is 0 Å². The fourth-order valence-corrected chi connectivity index (χ4v) is 5.96. The van der Waals surface area contributed by atoms with Crippen LogP contribution in [0.4, 0.5) is 34.1 Å². The van der Waals surface area contributed by atoms with Gasteiger partial charge < -0.3 is 9.80 Å². The molecule has 212 valence electrons.